The van der Waals surface area contributed by atoms with E-state index in [0.717, 1.165) is 5.56 Å². The summed E-state index contributed by atoms with van der Waals surface area (Å²) in [6, 6.07) is 8.83. The average Bonchev–Trinajstić information content (AvgIpc) is 3.59. The molecule has 12 heteroatoms. The van der Waals surface area contributed by atoms with Gasteiger partial charge in [0.2, 0.25) is 0 Å². The molecule has 1 aromatic heterocycles. The molecule has 5 N–H and O–H groups in total. The molecule has 0 saturated heterocycles. The van der Waals surface area contributed by atoms with E-state index in [9.17, 15) is 23.1 Å². The van der Waals surface area contributed by atoms with Crippen LogP contribution in [-0.4, -0.2) is 63.8 Å². The number of nitrogens with one attached hydrogen (secondary N) is 2. The van der Waals surface area contributed by atoms with E-state index in [2.05, 4.69) is 15.7 Å². The van der Waals surface area contributed by atoms with Crippen molar-refractivity contribution in [2.24, 2.45) is 12.8 Å². The number of carbonyl (C=O) groups is 2. The van der Waals surface area contributed by atoms with Gasteiger partial charge in [-0.25, -0.2) is 8.42 Å². The molecule has 1 saturated carbocycles. The lowest BCUT2D eigenvalue weighted by molar-refractivity contribution is 0.0929. The van der Waals surface area contributed by atoms with Crippen molar-refractivity contribution < 1.29 is 23.1 Å². The molecule has 2 atom stereocenters. The Kier molecular flexibility index (Phi) is 6.92. The van der Waals surface area contributed by atoms with Gasteiger partial charge in [0.25, 0.3) is 11.8 Å². The molecule has 1 aliphatic carbocycles. The highest BCUT2D eigenvalue weighted by Gasteiger charge is 2.62. The summed E-state index contributed by atoms with van der Waals surface area (Å²) >= 11 is 0. The Labute approximate surface area is 215 Å². The van der Waals surface area contributed by atoms with Crippen molar-refractivity contribution in [1.82, 2.24) is 20.4 Å². The summed E-state index contributed by atoms with van der Waals surface area (Å²) in [6.07, 6.45) is -0.184. The summed E-state index contributed by atoms with van der Waals surface area (Å²) in [5, 5.41) is 29.3. The predicted molar refractivity (Wildman–Crippen MR) is 135 cm³/mol. The first-order valence-electron chi connectivity index (χ1n) is 12.1. The second-order valence-corrected chi connectivity index (χ2v) is 13.3. The van der Waals surface area contributed by atoms with E-state index in [1.54, 1.807) is 31.3 Å². The van der Waals surface area contributed by atoms with Crippen LogP contribution in [0.2, 0.25) is 0 Å². The highest BCUT2D eigenvalue weighted by molar-refractivity contribution is 7.94. The molecule has 0 bridgehead atoms. The van der Waals surface area contributed by atoms with Crippen LogP contribution in [0.15, 0.2) is 24.3 Å². The van der Waals surface area contributed by atoms with E-state index >= 15 is 0 Å². The molecule has 2 heterocycles. The van der Waals surface area contributed by atoms with E-state index in [1.807, 2.05) is 6.07 Å². The molecular weight excluding hydrogens is 496 g/mol. The maximum atomic E-state index is 13.7. The quantitative estimate of drug-likeness (QED) is 0.363. The number of aromatic nitrogens is 2. The molecule has 198 valence electrons. The van der Waals surface area contributed by atoms with Crippen molar-refractivity contribution in [3.63, 3.8) is 0 Å². The number of benzene rings is 1. The summed E-state index contributed by atoms with van der Waals surface area (Å²) in [6.45, 7) is 3.15. The minimum Gasteiger partial charge on any atom is -0.390 e. The first-order chi connectivity index (χ1) is 17.4. The van der Waals surface area contributed by atoms with E-state index in [-0.39, 0.29) is 43.4 Å². The van der Waals surface area contributed by atoms with Crippen LogP contribution in [0.5, 0.6) is 0 Å². The second-order valence-electron chi connectivity index (χ2n) is 10.4. The second kappa shape index (κ2) is 9.55. The first-order valence-corrected chi connectivity index (χ1v) is 13.6. The van der Waals surface area contributed by atoms with Crippen LogP contribution in [0, 0.1) is 11.3 Å². The van der Waals surface area contributed by atoms with E-state index < -0.39 is 37.3 Å². The fraction of sp³-hybridized carbons (Fsp3) is 0.520. The Morgan fingerprint density at radius 1 is 1.38 bits per heavy atom. The van der Waals surface area contributed by atoms with Gasteiger partial charge in [-0.3, -0.25) is 14.3 Å². The normalized spacial score (nSPS) is 19.4. The topological polar surface area (TPSA) is 180 Å². The fourth-order valence-corrected chi connectivity index (χ4v) is 7.73. The number of rotatable bonds is 9. The Balaban J connectivity index is 1.62. The maximum Gasteiger partial charge on any atom is 0.272 e. The summed E-state index contributed by atoms with van der Waals surface area (Å²) < 4.78 is 26.2. The SMILES string of the molecule is Cn1nc(C(=O)NCc2ccc(C#N)cc2)c2c1C(=O)NC[C@@H]2CC1(S(=O)(=O)C(C)(C)C(O)CN)CC1. The number of nitrogens with two attached hydrogens (primary N) is 1. The molecule has 1 fully saturated rings. The summed E-state index contributed by atoms with van der Waals surface area (Å²) in [7, 11) is -2.25. The van der Waals surface area contributed by atoms with E-state index in [0.29, 0.717) is 24.0 Å². The van der Waals surface area contributed by atoms with Gasteiger partial charge >= 0.3 is 0 Å². The molecule has 4 rings (SSSR count). The molecule has 11 nitrogen and oxygen atoms in total. The van der Waals surface area contributed by atoms with Gasteiger partial charge in [0, 0.05) is 38.2 Å². The number of fused-ring (bicyclic) bond motifs is 1. The van der Waals surface area contributed by atoms with Gasteiger partial charge in [0.1, 0.15) is 5.69 Å². The molecule has 0 spiro atoms. The van der Waals surface area contributed by atoms with Crippen molar-refractivity contribution in [2.45, 2.75) is 61.2 Å². The number of sulfone groups is 1. The molecule has 1 aliphatic heterocycles. The van der Waals surface area contributed by atoms with Crippen LogP contribution in [0.25, 0.3) is 0 Å². The van der Waals surface area contributed by atoms with Crippen LogP contribution in [-0.2, 0) is 23.4 Å². The van der Waals surface area contributed by atoms with Gasteiger partial charge in [0.05, 0.1) is 27.2 Å². The zero-order chi connectivity index (χ0) is 27.2. The third kappa shape index (κ3) is 4.52. The lowest BCUT2D eigenvalue weighted by Gasteiger charge is -2.36. The highest BCUT2D eigenvalue weighted by Crippen LogP contribution is 2.54. The molecule has 37 heavy (non-hydrogen) atoms. The lowest BCUT2D eigenvalue weighted by atomic mass is 9.88. The van der Waals surface area contributed by atoms with Crippen molar-refractivity contribution in [3.8, 4) is 6.07 Å². The largest absolute Gasteiger partial charge is 0.390 e. The van der Waals surface area contributed by atoms with E-state index in [4.69, 9.17) is 11.0 Å². The minimum atomic E-state index is -3.83. The van der Waals surface area contributed by atoms with Gasteiger partial charge in [-0.1, -0.05) is 12.1 Å². The number of hydrogen-bond acceptors (Lipinski definition) is 8. The van der Waals surface area contributed by atoms with Crippen molar-refractivity contribution in [1.29, 1.82) is 5.26 Å². The molecule has 2 aliphatic rings. The van der Waals surface area contributed by atoms with Crippen LogP contribution < -0.4 is 16.4 Å². The fourth-order valence-electron chi connectivity index (χ4n) is 5.10. The zero-order valence-corrected chi connectivity index (χ0v) is 21.9. The predicted octanol–water partition coefficient (Wildman–Crippen LogP) is 0.484. The summed E-state index contributed by atoms with van der Waals surface area (Å²) in [5.74, 6) is -1.31. The average molecular weight is 529 g/mol. The number of hydrogen-bond donors (Lipinski definition) is 4. The number of amides is 2. The molecule has 1 aromatic carbocycles. The number of aliphatic hydroxyl groups is 1. The standard InChI is InChI=1S/C25H32N6O5S/c1-24(2,18(32)12-27)37(35,36)25(8-9-25)10-17-14-29-23(34)21-19(17)20(30-31(21)3)22(33)28-13-16-6-4-15(11-26)5-7-16/h4-7,17-18,32H,8-10,12-14,27H2,1-3H3,(H,28,33)(H,29,34)/t17-,18?/m0/s1. The Morgan fingerprint density at radius 2 is 2.03 bits per heavy atom. The van der Waals surface area contributed by atoms with Crippen LogP contribution in [0.3, 0.4) is 0 Å². The summed E-state index contributed by atoms with van der Waals surface area (Å²) in [5.41, 5.74) is 7.63. The van der Waals surface area contributed by atoms with Crippen molar-refractivity contribution in [2.75, 3.05) is 13.1 Å². The van der Waals surface area contributed by atoms with Gasteiger partial charge < -0.3 is 21.5 Å². The monoisotopic (exact) mass is 528 g/mol. The number of nitrogens with zero attached hydrogens (tertiary/aromatic N) is 3. The number of nitriles is 1. The smallest absolute Gasteiger partial charge is 0.272 e. The highest BCUT2D eigenvalue weighted by atomic mass is 32.2. The van der Waals surface area contributed by atoms with E-state index in [1.165, 1.54) is 18.5 Å². The zero-order valence-electron chi connectivity index (χ0n) is 21.1. The van der Waals surface area contributed by atoms with Crippen molar-refractivity contribution >= 4 is 21.7 Å². The maximum absolute atomic E-state index is 13.7. The number of aryl methyl sites for hydroxylation is 1. The van der Waals surface area contributed by atoms with Gasteiger partial charge in [-0.15, -0.1) is 0 Å². The molecular formula is C25H32N6O5S. The minimum absolute atomic E-state index is 0.0837. The van der Waals surface area contributed by atoms with Crippen LogP contribution >= 0.6 is 0 Å². The summed E-state index contributed by atoms with van der Waals surface area (Å²) in [4.78, 5) is 25.9. The molecule has 1 unspecified atom stereocenters. The molecule has 0 radical (unpaired) electrons. The Hall–Kier alpha value is -3.27. The van der Waals surface area contributed by atoms with Gasteiger partial charge in [0.15, 0.2) is 15.5 Å². The van der Waals surface area contributed by atoms with Crippen LogP contribution in [0.1, 0.15) is 76.7 Å². The first kappa shape index (κ1) is 26.8. The molecule has 2 aromatic rings. The Morgan fingerprint density at radius 3 is 2.59 bits per heavy atom. The molecule has 2 amide bonds. The third-order valence-electron chi connectivity index (χ3n) is 7.68. The number of carbonyl (C=O) groups excluding carboxylic acids is 2. The van der Waals surface area contributed by atoms with Gasteiger partial charge in [-0.05, 0) is 50.8 Å². The lowest BCUT2D eigenvalue weighted by Crippen LogP contribution is -2.53. The third-order valence-corrected chi connectivity index (χ3v) is 11.1. The Bertz CT molecular complexity index is 1370. The van der Waals surface area contributed by atoms with Crippen molar-refractivity contribution in [3.05, 3.63) is 52.3 Å². The number of aliphatic hydroxyl groups excluding tert-OH is 1. The van der Waals surface area contributed by atoms with Crippen LogP contribution in [0.4, 0.5) is 0 Å². The van der Waals surface area contributed by atoms with Gasteiger partial charge in [-0.2, -0.15) is 10.4 Å².